The number of rotatable bonds is 6. The molecule has 27 heavy (non-hydrogen) atoms. The Morgan fingerprint density at radius 3 is 2.59 bits per heavy atom. The lowest BCUT2D eigenvalue weighted by molar-refractivity contribution is 0.197. The largest absolute Gasteiger partial charge is 0.453 e. The van der Waals surface area contributed by atoms with Crippen LogP contribution in [0.5, 0.6) is 0 Å². The van der Waals surface area contributed by atoms with Crippen molar-refractivity contribution in [1.82, 2.24) is 0 Å². The molecule has 0 saturated carbocycles. The molecule has 0 atom stereocenters. The minimum absolute atomic E-state index is 0.0535. The SMILES string of the molecule is COCCCNc1ccc(-c2cc(=O)c3c(N)c(F)cc(F)c3o2)cc1F. The van der Waals surface area contributed by atoms with Gasteiger partial charge in [0.2, 0.25) is 0 Å². The van der Waals surface area contributed by atoms with E-state index in [2.05, 4.69) is 5.32 Å². The van der Waals surface area contributed by atoms with Crippen LogP contribution in [-0.2, 0) is 4.74 Å². The maximum atomic E-state index is 14.3. The second kappa shape index (κ2) is 7.71. The fraction of sp³-hybridized carbons (Fsp3) is 0.211. The molecule has 0 unspecified atom stereocenters. The Kier molecular flexibility index (Phi) is 5.36. The van der Waals surface area contributed by atoms with Crippen molar-refractivity contribution in [2.45, 2.75) is 6.42 Å². The van der Waals surface area contributed by atoms with Crippen molar-refractivity contribution < 1.29 is 22.3 Å². The molecule has 3 aromatic rings. The van der Waals surface area contributed by atoms with Gasteiger partial charge in [-0.2, -0.15) is 0 Å². The van der Waals surface area contributed by atoms with E-state index in [1.54, 1.807) is 7.11 Å². The van der Waals surface area contributed by atoms with Crippen LogP contribution >= 0.6 is 0 Å². The van der Waals surface area contributed by atoms with Gasteiger partial charge in [0.25, 0.3) is 0 Å². The van der Waals surface area contributed by atoms with Crippen LogP contribution in [0.3, 0.4) is 0 Å². The van der Waals surface area contributed by atoms with E-state index in [1.807, 2.05) is 0 Å². The van der Waals surface area contributed by atoms with Gasteiger partial charge in [-0.1, -0.05) is 0 Å². The maximum Gasteiger partial charge on any atom is 0.195 e. The Balaban J connectivity index is 1.98. The number of benzene rings is 2. The van der Waals surface area contributed by atoms with Crippen LogP contribution in [0.25, 0.3) is 22.3 Å². The molecule has 0 saturated heterocycles. The monoisotopic (exact) mass is 378 g/mol. The molecule has 0 radical (unpaired) electrons. The van der Waals surface area contributed by atoms with Gasteiger partial charge >= 0.3 is 0 Å². The number of hydrogen-bond donors (Lipinski definition) is 2. The van der Waals surface area contributed by atoms with Crippen LogP contribution in [0.15, 0.2) is 39.5 Å². The summed E-state index contributed by atoms with van der Waals surface area (Å²) in [5, 5.41) is 2.54. The van der Waals surface area contributed by atoms with Crippen molar-refractivity contribution >= 4 is 22.3 Å². The van der Waals surface area contributed by atoms with E-state index >= 15 is 0 Å². The Hall–Kier alpha value is -3.00. The van der Waals surface area contributed by atoms with E-state index in [1.165, 1.54) is 12.1 Å². The van der Waals surface area contributed by atoms with Crippen molar-refractivity contribution in [3.8, 4) is 11.3 Å². The number of hydrogen-bond acceptors (Lipinski definition) is 5. The molecule has 0 spiro atoms. The number of nitrogen functional groups attached to an aromatic ring is 1. The highest BCUT2D eigenvalue weighted by Crippen LogP contribution is 2.30. The van der Waals surface area contributed by atoms with E-state index in [9.17, 15) is 18.0 Å². The lowest BCUT2D eigenvalue weighted by Gasteiger charge is -2.10. The summed E-state index contributed by atoms with van der Waals surface area (Å²) in [6.45, 7) is 1.06. The zero-order chi connectivity index (χ0) is 19.6. The molecule has 3 N–H and O–H groups in total. The number of nitrogens with one attached hydrogen (secondary N) is 1. The van der Waals surface area contributed by atoms with Crippen molar-refractivity contribution in [2.24, 2.45) is 0 Å². The summed E-state index contributed by atoms with van der Waals surface area (Å²) in [6.07, 6.45) is 0.703. The van der Waals surface area contributed by atoms with Crippen LogP contribution in [0, 0.1) is 17.5 Å². The summed E-state index contributed by atoms with van der Waals surface area (Å²) in [4.78, 5) is 12.3. The smallest absolute Gasteiger partial charge is 0.195 e. The van der Waals surface area contributed by atoms with Crippen molar-refractivity contribution in [3.63, 3.8) is 0 Å². The molecule has 0 amide bonds. The van der Waals surface area contributed by atoms with E-state index in [0.717, 1.165) is 12.1 Å². The first-order valence-corrected chi connectivity index (χ1v) is 8.16. The minimum atomic E-state index is -1.06. The fourth-order valence-corrected chi connectivity index (χ4v) is 2.68. The summed E-state index contributed by atoms with van der Waals surface area (Å²) in [6, 6.07) is 5.73. The number of methoxy groups -OCH3 is 1. The predicted octanol–water partition coefficient (Wildman–Crippen LogP) is 3.91. The second-order valence-corrected chi connectivity index (χ2v) is 5.90. The van der Waals surface area contributed by atoms with E-state index in [4.69, 9.17) is 14.9 Å². The molecule has 0 aliphatic rings. The van der Waals surface area contributed by atoms with Gasteiger partial charge in [-0.25, -0.2) is 13.2 Å². The van der Waals surface area contributed by atoms with E-state index < -0.39 is 34.2 Å². The topological polar surface area (TPSA) is 77.5 Å². The number of fused-ring (bicyclic) bond motifs is 1. The number of anilines is 2. The third-order valence-electron chi connectivity index (χ3n) is 4.04. The van der Waals surface area contributed by atoms with E-state index in [-0.39, 0.29) is 22.4 Å². The average molecular weight is 378 g/mol. The van der Waals surface area contributed by atoms with Crippen LogP contribution in [0.1, 0.15) is 6.42 Å². The lowest BCUT2D eigenvalue weighted by Crippen LogP contribution is -2.07. The maximum absolute atomic E-state index is 14.3. The van der Waals surface area contributed by atoms with Crippen molar-refractivity contribution in [1.29, 1.82) is 0 Å². The van der Waals surface area contributed by atoms with Gasteiger partial charge < -0.3 is 20.2 Å². The Labute approximate surface area is 152 Å². The summed E-state index contributed by atoms with van der Waals surface area (Å²) >= 11 is 0. The Morgan fingerprint density at radius 1 is 1.11 bits per heavy atom. The first-order chi connectivity index (χ1) is 12.9. The summed E-state index contributed by atoms with van der Waals surface area (Å²) in [5.41, 5.74) is 4.33. The number of nitrogens with two attached hydrogens (primary N) is 1. The lowest BCUT2D eigenvalue weighted by atomic mass is 10.1. The third-order valence-corrected chi connectivity index (χ3v) is 4.04. The van der Waals surface area contributed by atoms with Gasteiger partial charge in [0.05, 0.1) is 16.8 Å². The molecule has 1 aromatic heterocycles. The molecular formula is C19H17F3N2O3. The number of halogens is 3. The molecular weight excluding hydrogens is 361 g/mol. The van der Waals surface area contributed by atoms with Crippen LogP contribution in [0.2, 0.25) is 0 Å². The van der Waals surface area contributed by atoms with Gasteiger partial charge in [0, 0.05) is 38.0 Å². The summed E-state index contributed by atoms with van der Waals surface area (Å²) in [5.74, 6) is -2.73. The Bertz CT molecular complexity index is 1050. The Morgan fingerprint density at radius 2 is 1.89 bits per heavy atom. The van der Waals surface area contributed by atoms with Gasteiger partial charge in [0.1, 0.15) is 17.4 Å². The molecule has 5 nitrogen and oxygen atoms in total. The van der Waals surface area contributed by atoms with Crippen LogP contribution in [-0.4, -0.2) is 20.3 Å². The van der Waals surface area contributed by atoms with E-state index in [0.29, 0.717) is 25.6 Å². The first kappa shape index (κ1) is 18.8. The second-order valence-electron chi connectivity index (χ2n) is 5.90. The predicted molar refractivity (Wildman–Crippen MR) is 97.2 cm³/mol. The summed E-state index contributed by atoms with van der Waals surface area (Å²) < 4.78 is 52.2. The molecule has 2 aromatic carbocycles. The molecule has 1 heterocycles. The molecule has 0 fully saturated rings. The quantitative estimate of drug-likeness (QED) is 0.502. The fourth-order valence-electron chi connectivity index (χ4n) is 2.68. The average Bonchev–Trinajstić information content (AvgIpc) is 2.64. The van der Waals surface area contributed by atoms with Crippen molar-refractivity contribution in [3.05, 3.63) is 58.0 Å². The van der Waals surface area contributed by atoms with Gasteiger partial charge in [-0.05, 0) is 24.6 Å². The standard InChI is InChI=1S/C19H17F3N2O3/c1-26-6-2-5-24-14-4-3-10(7-11(14)20)16-9-15(25)17-18(23)12(21)8-13(22)19(17)27-16/h3-4,7-9,24H,2,5-6,23H2,1H3. The molecule has 142 valence electrons. The zero-order valence-corrected chi connectivity index (χ0v) is 14.4. The highest BCUT2D eigenvalue weighted by Gasteiger charge is 2.17. The molecule has 8 heteroatoms. The first-order valence-electron chi connectivity index (χ1n) is 8.16. The minimum Gasteiger partial charge on any atom is -0.453 e. The van der Waals surface area contributed by atoms with Crippen LogP contribution < -0.4 is 16.5 Å². The normalized spacial score (nSPS) is 11.1. The molecule has 0 aliphatic carbocycles. The summed E-state index contributed by atoms with van der Waals surface area (Å²) in [7, 11) is 1.58. The van der Waals surface area contributed by atoms with Gasteiger partial charge in [-0.15, -0.1) is 0 Å². The third kappa shape index (κ3) is 3.75. The molecule has 3 rings (SSSR count). The number of ether oxygens (including phenoxy) is 1. The zero-order valence-electron chi connectivity index (χ0n) is 14.4. The van der Waals surface area contributed by atoms with Gasteiger partial charge in [-0.3, -0.25) is 4.79 Å². The van der Waals surface area contributed by atoms with Crippen LogP contribution in [0.4, 0.5) is 24.5 Å². The molecule has 0 bridgehead atoms. The van der Waals surface area contributed by atoms with Crippen molar-refractivity contribution in [2.75, 3.05) is 31.3 Å². The highest BCUT2D eigenvalue weighted by molar-refractivity contribution is 5.90. The highest BCUT2D eigenvalue weighted by atomic mass is 19.1. The molecule has 0 aliphatic heterocycles. The van der Waals surface area contributed by atoms with Gasteiger partial charge in [0.15, 0.2) is 16.8 Å².